The minimum absolute atomic E-state index is 0.134. The average molecular weight is 442 g/mol. The van der Waals surface area contributed by atoms with E-state index in [1.54, 1.807) is 49.6 Å². The highest BCUT2D eigenvalue weighted by atomic mass is 16.5. The predicted molar refractivity (Wildman–Crippen MR) is 127 cm³/mol. The van der Waals surface area contributed by atoms with E-state index in [1.165, 1.54) is 16.7 Å². The molecule has 1 aromatic heterocycles. The molecule has 0 radical (unpaired) electrons. The van der Waals surface area contributed by atoms with Gasteiger partial charge in [0.05, 0.1) is 35.9 Å². The Kier molecular flexibility index (Phi) is 6.22. The van der Waals surface area contributed by atoms with Crippen LogP contribution in [0.3, 0.4) is 0 Å². The van der Waals surface area contributed by atoms with E-state index in [2.05, 4.69) is 4.98 Å². The molecule has 0 saturated carbocycles. The van der Waals surface area contributed by atoms with Gasteiger partial charge in [0.1, 0.15) is 5.82 Å². The molecule has 0 atom stereocenters. The number of para-hydroxylation sites is 2. The molecule has 33 heavy (non-hydrogen) atoms. The van der Waals surface area contributed by atoms with Crippen LogP contribution >= 0.6 is 0 Å². The highest BCUT2D eigenvalue weighted by Gasteiger charge is 2.13. The molecule has 1 N–H and O–H groups in total. The molecular formula is C26H22N2O5. The zero-order chi connectivity index (χ0) is 23.4. The summed E-state index contributed by atoms with van der Waals surface area (Å²) in [6.07, 6.45) is 3.53. The van der Waals surface area contributed by atoms with Gasteiger partial charge in [0.15, 0.2) is 11.5 Å². The molecule has 166 valence electrons. The smallest absolute Gasteiger partial charge is 0.335 e. The molecule has 0 aliphatic carbocycles. The number of carboxylic acid groups (broad SMARTS) is 1. The molecule has 7 nitrogen and oxygen atoms in total. The van der Waals surface area contributed by atoms with Crippen LogP contribution in [0.2, 0.25) is 0 Å². The SMILES string of the molecule is CCOc1cccc(/C=C/c2nc3ccccc3c(=O)n2-c2ccc(C(=O)O)cc2)c1OC. The van der Waals surface area contributed by atoms with Gasteiger partial charge in [-0.25, -0.2) is 9.78 Å². The molecule has 0 aliphatic rings. The second kappa shape index (κ2) is 9.40. The van der Waals surface area contributed by atoms with Crippen LogP contribution in [-0.4, -0.2) is 34.3 Å². The summed E-state index contributed by atoms with van der Waals surface area (Å²) in [4.78, 5) is 29.3. The van der Waals surface area contributed by atoms with Crippen LogP contribution in [0.5, 0.6) is 11.5 Å². The number of hydrogen-bond acceptors (Lipinski definition) is 5. The minimum Gasteiger partial charge on any atom is -0.492 e. The number of benzene rings is 3. The zero-order valence-electron chi connectivity index (χ0n) is 18.2. The lowest BCUT2D eigenvalue weighted by Crippen LogP contribution is -2.22. The summed E-state index contributed by atoms with van der Waals surface area (Å²) in [6, 6.07) is 18.8. The Morgan fingerprint density at radius 1 is 1.03 bits per heavy atom. The Bertz CT molecular complexity index is 1400. The lowest BCUT2D eigenvalue weighted by Gasteiger charge is -2.13. The van der Waals surface area contributed by atoms with Gasteiger partial charge in [0.2, 0.25) is 0 Å². The number of aromatic nitrogens is 2. The highest BCUT2D eigenvalue weighted by molar-refractivity contribution is 5.88. The van der Waals surface area contributed by atoms with Crippen LogP contribution in [0.25, 0.3) is 28.7 Å². The Hall–Kier alpha value is -4.39. The lowest BCUT2D eigenvalue weighted by molar-refractivity contribution is 0.0697. The van der Waals surface area contributed by atoms with Crippen LogP contribution in [0.1, 0.15) is 28.7 Å². The molecule has 4 aromatic rings. The number of hydrogen-bond donors (Lipinski definition) is 1. The summed E-state index contributed by atoms with van der Waals surface area (Å²) in [6.45, 7) is 2.40. The van der Waals surface area contributed by atoms with Crippen molar-refractivity contribution in [2.24, 2.45) is 0 Å². The lowest BCUT2D eigenvalue weighted by atomic mass is 10.1. The summed E-state index contributed by atoms with van der Waals surface area (Å²) in [5.74, 6) is 0.559. The molecule has 0 unspecified atom stereocenters. The van der Waals surface area contributed by atoms with Crippen molar-refractivity contribution < 1.29 is 19.4 Å². The van der Waals surface area contributed by atoms with Crippen molar-refractivity contribution in [3.8, 4) is 17.2 Å². The number of carboxylic acids is 1. The maximum atomic E-state index is 13.4. The predicted octanol–water partition coefficient (Wildman–Crippen LogP) is 4.66. The Balaban J connectivity index is 1.89. The van der Waals surface area contributed by atoms with Gasteiger partial charge in [-0.15, -0.1) is 0 Å². The molecular weight excluding hydrogens is 420 g/mol. The van der Waals surface area contributed by atoms with E-state index in [0.29, 0.717) is 40.5 Å². The van der Waals surface area contributed by atoms with Gasteiger partial charge in [-0.05, 0) is 61.5 Å². The number of ether oxygens (including phenoxy) is 2. The molecule has 1 heterocycles. The van der Waals surface area contributed by atoms with E-state index in [0.717, 1.165) is 5.56 Å². The molecule has 0 bridgehead atoms. The third-order valence-electron chi connectivity index (χ3n) is 5.10. The monoisotopic (exact) mass is 442 g/mol. The summed E-state index contributed by atoms with van der Waals surface area (Å²) in [5.41, 5.74) is 1.72. The third kappa shape index (κ3) is 4.34. The second-order valence-corrected chi connectivity index (χ2v) is 7.12. The van der Waals surface area contributed by atoms with Crippen molar-refractivity contribution in [3.05, 3.63) is 94.0 Å². The molecule has 0 saturated heterocycles. The number of fused-ring (bicyclic) bond motifs is 1. The fraction of sp³-hybridized carbons (Fsp3) is 0.115. The standard InChI is InChI=1S/C26H22N2O5/c1-3-33-22-10-6-7-17(24(22)32-2)13-16-23-27-21-9-5-4-8-20(21)25(29)28(23)19-14-11-18(12-15-19)26(30)31/h4-16H,3H2,1-2H3,(H,30,31)/b16-13+. The van der Waals surface area contributed by atoms with Crippen LogP contribution < -0.4 is 15.0 Å². The average Bonchev–Trinajstić information content (AvgIpc) is 2.83. The minimum atomic E-state index is -1.04. The largest absolute Gasteiger partial charge is 0.492 e. The van der Waals surface area contributed by atoms with Gasteiger partial charge in [-0.1, -0.05) is 24.3 Å². The Morgan fingerprint density at radius 3 is 2.48 bits per heavy atom. The molecule has 0 fully saturated rings. The van der Waals surface area contributed by atoms with Crippen LogP contribution in [0, 0.1) is 0 Å². The first-order valence-electron chi connectivity index (χ1n) is 10.4. The summed E-state index contributed by atoms with van der Waals surface area (Å²) in [7, 11) is 1.57. The number of aromatic carboxylic acids is 1. The molecule has 3 aromatic carbocycles. The van der Waals surface area contributed by atoms with Crippen molar-refractivity contribution in [1.29, 1.82) is 0 Å². The normalized spacial score (nSPS) is 11.1. The van der Waals surface area contributed by atoms with Crippen LogP contribution in [-0.2, 0) is 0 Å². The van der Waals surface area contributed by atoms with E-state index >= 15 is 0 Å². The van der Waals surface area contributed by atoms with Crippen LogP contribution in [0.15, 0.2) is 71.5 Å². The number of methoxy groups -OCH3 is 1. The van der Waals surface area contributed by atoms with Crippen molar-refractivity contribution in [2.75, 3.05) is 13.7 Å². The first-order valence-corrected chi connectivity index (χ1v) is 10.4. The quantitative estimate of drug-likeness (QED) is 0.448. The van der Waals surface area contributed by atoms with E-state index in [1.807, 2.05) is 31.2 Å². The number of rotatable bonds is 7. The van der Waals surface area contributed by atoms with Crippen molar-refractivity contribution in [2.45, 2.75) is 6.92 Å². The van der Waals surface area contributed by atoms with E-state index in [9.17, 15) is 14.7 Å². The van der Waals surface area contributed by atoms with Crippen LogP contribution in [0.4, 0.5) is 0 Å². The van der Waals surface area contributed by atoms with Gasteiger partial charge in [-0.3, -0.25) is 9.36 Å². The molecule has 0 spiro atoms. The number of carbonyl (C=O) groups is 1. The summed E-state index contributed by atoms with van der Waals surface area (Å²) < 4.78 is 12.6. The van der Waals surface area contributed by atoms with Gasteiger partial charge >= 0.3 is 5.97 Å². The van der Waals surface area contributed by atoms with Gasteiger partial charge in [0, 0.05) is 5.56 Å². The van der Waals surface area contributed by atoms with Crippen molar-refractivity contribution >= 4 is 29.0 Å². The third-order valence-corrected chi connectivity index (χ3v) is 5.10. The maximum absolute atomic E-state index is 13.4. The van der Waals surface area contributed by atoms with Gasteiger partial charge < -0.3 is 14.6 Å². The fourth-order valence-electron chi connectivity index (χ4n) is 3.58. The van der Waals surface area contributed by atoms with Gasteiger partial charge in [0.25, 0.3) is 5.56 Å². The van der Waals surface area contributed by atoms with Crippen molar-refractivity contribution in [1.82, 2.24) is 9.55 Å². The first-order chi connectivity index (χ1) is 16.0. The fourth-order valence-corrected chi connectivity index (χ4v) is 3.58. The van der Waals surface area contributed by atoms with E-state index in [4.69, 9.17) is 9.47 Å². The van der Waals surface area contributed by atoms with E-state index in [-0.39, 0.29) is 11.1 Å². The zero-order valence-corrected chi connectivity index (χ0v) is 18.2. The molecule has 0 aliphatic heterocycles. The van der Waals surface area contributed by atoms with Crippen molar-refractivity contribution in [3.63, 3.8) is 0 Å². The Labute approximate surface area is 190 Å². The van der Waals surface area contributed by atoms with Gasteiger partial charge in [-0.2, -0.15) is 0 Å². The molecule has 4 rings (SSSR count). The molecule has 7 heteroatoms. The van der Waals surface area contributed by atoms with E-state index < -0.39 is 5.97 Å². The second-order valence-electron chi connectivity index (χ2n) is 7.12. The summed E-state index contributed by atoms with van der Waals surface area (Å²) in [5, 5.41) is 9.67. The highest BCUT2D eigenvalue weighted by Crippen LogP contribution is 2.32. The first kappa shape index (κ1) is 21.8. The maximum Gasteiger partial charge on any atom is 0.335 e. The number of nitrogens with zero attached hydrogens (tertiary/aromatic N) is 2. The molecule has 0 amide bonds. The topological polar surface area (TPSA) is 90.7 Å². The summed E-state index contributed by atoms with van der Waals surface area (Å²) >= 11 is 0. The Morgan fingerprint density at radius 2 is 1.79 bits per heavy atom.